The number of oxime groups is 1. The number of carbonyl (C=O) groups is 5. The maximum Gasteiger partial charge on any atom is 0.357 e. The summed E-state index contributed by atoms with van der Waals surface area (Å²) in [6.45, 7) is 5.90. The Morgan fingerprint density at radius 3 is 2.63 bits per heavy atom. The molecule has 3 heterocycles. The van der Waals surface area contributed by atoms with Gasteiger partial charge in [0.15, 0.2) is 10.8 Å². The maximum atomic E-state index is 13.0. The van der Waals surface area contributed by atoms with E-state index in [9.17, 15) is 24.0 Å². The van der Waals surface area contributed by atoms with Gasteiger partial charge in [0.05, 0.1) is 11.5 Å². The lowest BCUT2D eigenvalue weighted by molar-refractivity contribution is -0.173. The standard InChI is InChI=1S/C22H28N6O8S2/c1-10(23)15(29)26-21-24-11(8-38-21)13(27-34-5)16(30)25-14-17(31)28-12(6-7-37-18(14)28)19(32)35-9-36-20(33)22(2,3)4/h6,8,10,14,18H,7,9,23H2,1-5H3,(H,25,30)(H,24,26,29)/t10-,14?,18-/m0/s1. The van der Waals surface area contributed by atoms with Gasteiger partial charge in [-0.1, -0.05) is 5.16 Å². The van der Waals surface area contributed by atoms with Crippen LogP contribution in [-0.4, -0.2) is 82.4 Å². The van der Waals surface area contributed by atoms with Crippen molar-refractivity contribution in [1.82, 2.24) is 15.2 Å². The fourth-order valence-corrected chi connectivity index (χ4v) is 5.01. The van der Waals surface area contributed by atoms with Crippen molar-refractivity contribution in [3.63, 3.8) is 0 Å². The first-order valence-corrected chi connectivity index (χ1v) is 13.2. The largest absolute Gasteiger partial charge is 0.427 e. The fourth-order valence-electron chi connectivity index (χ4n) is 3.12. The molecule has 0 bridgehead atoms. The fraction of sp³-hybridized carbons (Fsp3) is 0.500. The Balaban J connectivity index is 1.62. The zero-order valence-corrected chi connectivity index (χ0v) is 22.9. The molecule has 1 saturated heterocycles. The molecule has 0 aliphatic carbocycles. The van der Waals surface area contributed by atoms with Gasteiger partial charge in [0.2, 0.25) is 12.7 Å². The van der Waals surface area contributed by atoms with Crippen molar-refractivity contribution in [1.29, 1.82) is 0 Å². The van der Waals surface area contributed by atoms with Gasteiger partial charge in [-0.15, -0.1) is 23.1 Å². The van der Waals surface area contributed by atoms with Crippen LogP contribution in [0.2, 0.25) is 0 Å². The summed E-state index contributed by atoms with van der Waals surface area (Å²) in [6, 6.07) is -1.71. The summed E-state index contributed by atoms with van der Waals surface area (Å²) in [5.74, 6) is -2.73. The van der Waals surface area contributed by atoms with E-state index >= 15 is 0 Å². The van der Waals surface area contributed by atoms with Gasteiger partial charge in [0.25, 0.3) is 11.8 Å². The van der Waals surface area contributed by atoms with Gasteiger partial charge in [0.1, 0.15) is 29.9 Å². The molecule has 1 aromatic heterocycles. The SMILES string of the molecule is CON=C(C(=O)NC1C(=O)N2C(C(=O)OCOC(=O)C(C)(C)C)=CCS[C@@H]12)c1csc(NC(=O)[C@H](C)N)n1. The highest BCUT2D eigenvalue weighted by Gasteiger charge is 2.53. The Kier molecular flexibility index (Phi) is 9.11. The van der Waals surface area contributed by atoms with Crippen molar-refractivity contribution in [2.75, 3.05) is 25.0 Å². The highest BCUT2D eigenvalue weighted by molar-refractivity contribution is 8.00. The number of hydrogen-bond donors (Lipinski definition) is 3. The number of nitrogens with one attached hydrogen (secondary N) is 2. The minimum absolute atomic E-state index is 0.00384. The van der Waals surface area contributed by atoms with Gasteiger partial charge < -0.3 is 30.7 Å². The molecule has 3 amide bonds. The minimum Gasteiger partial charge on any atom is -0.427 e. The van der Waals surface area contributed by atoms with Crippen LogP contribution in [0.5, 0.6) is 0 Å². The lowest BCUT2D eigenvalue weighted by Gasteiger charge is -2.48. The number of amides is 3. The Bertz CT molecular complexity index is 1190. The quantitative estimate of drug-likeness (QED) is 0.121. The molecule has 38 heavy (non-hydrogen) atoms. The van der Waals surface area contributed by atoms with Crippen LogP contribution in [0, 0.1) is 5.41 Å². The number of fused-ring (bicyclic) bond motifs is 1. The number of β-lactam (4-membered cyclic amide) rings is 1. The average molecular weight is 569 g/mol. The number of nitrogens with zero attached hydrogens (tertiary/aromatic N) is 3. The highest BCUT2D eigenvalue weighted by atomic mass is 32.2. The molecule has 4 N–H and O–H groups in total. The predicted molar refractivity (Wildman–Crippen MR) is 138 cm³/mol. The zero-order valence-electron chi connectivity index (χ0n) is 21.3. The maximum absolute atomic E-state index is 13.0. The Morgan fingerprint density at radius 2 is 2.00 bits per heavy atom. The van der Waals surface area contributed by atoms with E-state index < -0.39 is 59.3 Å². The van der Waals surface area contributed by atoms with Crippen molar-refractivity contribution in [3.8, 4) is 0 Å². The molecule has 16 heteroatoms. The topological polar surface area (TPSA) is 192 Å². The van der Waals surface area contributed by atoms with Gasteiger partial charge in [-0.3, -0.25) is 24.1 Å². The molecule has 14 nitrogen and oxygen atoms in total. The summed E-state index contributed by atoms with van der Waals surface area (Å²) in [5, 5.41) is 9.96. The Hall–Kier alpha value is -3.50. The van der Waals surface area contributed by atoms with E-state index in [1.54, 1.807) is 20.8 Å². The van der Waals surface area contributed by atoms with Crippen LogP contribution in [0.4, 0.5) is 5.13 Å². The van der Waals surface area contributed by atoms with E-state index in [1.807, 2.05) is 0 Å². The van der Waals surface area contributed by atoms with E-state index in [0.717, 1.165) is 11.3 Å². The van der Waals surface area contributed by atoms with Crippen LogP contribution in [0.15, 0.2) is 22.3 Å². The third kappa shape index (κ3) is 6.49. The molecule has 0 radical (unpaired) electrons. The number of anilines is 1. The molecule has 0 aromatic carbocycles. The van der Waals surface area contributed by atoms with E-state index in [-0.39, 0.29) is 22.2 Å². The third-order valence-corrected chi connectivity index (χ3v) is 7.06. The van der Waals surface area contributed by atoms with Gasteiger partial charge in [-0.25, -0.2) is 9.78 Å². The number of rotatable bonds is 9. The van der Waals surface area contributed by atoms with Crippen molar-refractivity contribution < 1.29 is 38.3 Å². The lowest BCUT2D eigenvalue weighted by Crippen LogP contribution is -2.70. The lowest BCUT2D eigenvalue weighted by atomic mass is 9.98. The number of ether oxygens (including phenoxy) is 2. The molecule has 1 fully saturated rings. The van der Waals surface area contributed by atoms with Crippen LogP contribution in [0.3, 0.4) is 0 Å². The van der Waals surface area contributed by atoms with Gasteiger partial charge in [0, 0.05) is 11.1 Å². The molecule has 0 spiro atoms. The van der Waals surface area contributed by atoms with Crippen molar-refractivity contribution >= 4 is 63.6 Å². The number of thiazole rings is 1. The normalized spacial score (nSPS) is 19.8. The van der Waals surface area contributed by atoms with Gasteiger partial charge in [-0.05, 0) is 33.8 Å². The van der Waals surface area contributed by atoms with Crippen LogP contribution >= 0.6 is 23.1 Å². The molecule has 3 atom stereocenters. The molecule has 206 valence electrons. The summed E-state index contributed by atoms with van der Waals surface area (Å²) in [4.78, 5) is 72.2. The van der Waals surface area contributed by atoms with Crippen LogP contribution in [0.25, 0.3) is 0 Å². The van der Waals surface area contributed by atoms with E-state index in [0.29, 0.717) is 5.75 Å². The van der Waals surface area contributed by atoms with Crippen LogP contribution in [0.1, 0.15) is 33.4 Å². The molecule has 2 aliphatic heterocycles. The van der Waals surface area contributed by atoms with E-state index in [4.69, 9.17) is 20.0 Å². The summed E-state index contributed by atoms with van der Waals surface area (Å²) in [7, 11) is 1.24. The first kappa shape index (κ1) is 29.1. The Labute approximate surface area is 226 Å². The predicted octanol–water partition coefficient (Wildman–Crippen LogP) is 0.153. The second kappa shape index (κ2) is 11.9. The monoisotopic (exact) mass is 568 g/mol. The van der Waals surface area contributed by atoms with Gasteiger partial charge >= 0.3 is 11.9 Å². The zero-order chi connectivity index (χ0) is 28.2. The number of hydrogen-bond acceptors (Lipinski definition) is 13. The molecule has 2 aliphatic rings. The summed E-state index contributed by atoms with van der Waals surface area (Å²) in [6.07, 6.45) is 1.52. The van der Waals surface area contributed by atoms with Gasteiger partial charge in [-0.2, -0.15) is 0 Å². The number of thioether (sulfide) groups is 1. The molecule has 1 aromatic rings. The van der Waals surface area contributed by atoms with E-state index in [1.165, 1.54) is 42.2 Å². The first-order chi connectivity index (χ1) is 17.8. The molecular formula is C22H28N6O8S2. The number of carbonyl (C=O) groups excluding carboxylic acids is 5. The smallest absolute Gasteiger partial charge is 0.357 e. The van der Waals surface area contributed by atoms with Crippen LogP contribution < -0.4 is 16.4 Å². The molecule has 1 unspecified atom stereocenters. The second-order valence-electron chi connectivity index (χ2n) is 9.14. The highest BCUT2D eigenvalue weighted by Crippen LogP contribution is 2.38. The summed E-state index contributed by atoms with van der Waals surface area (Å²) in [5.41, 5.74) is 4.67. The number of aromatic nitrogens is 1. The number of nitrogens with two attached hydrogens (primary N) is 1. The van der Waals surface area contributed by atoms with Crippen molar-refractivity contribution in [2.45, 2.75) is 45.2 Å². The minimum atomic E-state index is -0.958. The van der Waals surface area contributed by atoms with Crippen LogP contribution in [-0.2, 0) is 38.3 Å². The molecule has 3 rings (SSSR count). The van der Waals surface area contributed by atoms with Crippen molar-refractivity contribution in [2.24, 2.45) is 16.3 Å². The molecule has 0 saturated carbocycles. The number of esters is 2. The average Bonchev–Trinajstić information content (AvgIpc) is 3.31. The first-order valence-electron chi connectivity index (χ1n) is 11.3. The summed E-state index contributed by atoms with van der Waals surface area (Å²) >= 11 is 2.38. The summed E-state index contributed by atoms with van der Waals surface area (Å²) < 4.78 is 9.96. The second-order valence-corrected chi connectivity index (χ2v) is 11.2. The Morgan fingerprint density at radius 1 is 1.29 bits per heavy atom. The van der Waals surface area contributed by atoms with E-state index in [2.05, 4.69) is 20.8 Å². The van der Waals surface area contributed by atoms with Crippen molar-refractivity contribution in [3.05, 3.63) is 22.8 Å². The third-order valence-electron chi connectivity index (χ3n) is 5.12. The molecular weight excluding hydrogens is 540 g/mol.